The van der Waals surface area contributed by atoms with E-state index in [0.29, 0.717) is 5.82 Å². The molecule has 12 rings (SSSR count). The number of nitrogens with zero attached hydrogens (tertiary/aromatic N) is 2. The minimum absolute atomic E-state index is 0.0852. The lowest BCUT2D eigenvalue weighted by molar-refractivity contribution is 0.661. The van der Waals surface area contributed by atoms with E-state index in [4.69, 9.17) is 9.97 Å². The Morgan fingerprint density at radius 1 is 0.344 bits per heavy atom. The Bertz CT molecular complexity index is 3400. The average Bonchev–Trinajstić information content (AvgIpc) is 3.71. The van der Waals surface area contributed by atoms with Gasteiger partial charge in [-0.05, 0) is 120 Å². The maximum absolute atomic E-state index is 5.55. The number of rotatable bonds is 5. The fraction of sp³-hybridized carbons (Fsp3) is 0.0847. The van der Waals surface area contributed by atoms with Gasteiger partial charge in [0.15, 0.2) is 5.82 Å². The molecular weight excluding hydrogens is 737 g/mol. The molecule has 2 aliphatic rings. The van der Waals surface area contributed by atoms with E-state index in [1.807, 2.05) is 0 Å². The van der Waals surface area contributed by atoms with Crippen molar-refractivity contribution in [3.8, 4) is 67.3 Å². The predicted molar refractivity (Wildman–Crippen MR) is 254 cm³/mol. The van der Waals surface area contributed by atoms with Gasteiger partial charge in [-0.15, -0.1) is 0 Å². The first kappa shape index (κ1) is 35.5. The van der Waals surface area contributed by atoms with E-state index >= 15 is 0 Å². The topological polar surface area (TPSA) is 25.8 Å². The number of hydrogen-bond donors (Lipinski definition) is 0. The largest absolute Gasteiger partial charge is 0.228 e. The summed E-state index contributed by atoms with van der Waals surface area (Å²) in [5.74, 6) is 0.713. The van der Waals surface area contributed by atoms with Gasteiger partial charge in [0, 0.05) is 27.5 Å². The van der Waals surface area contributed by atoms with Crippen molar-refractivity contribution in [2.24, 2.45) is 0 Å². The van der Waals surface area contributed by atoms with Crippen LogP contribution in [0.4, 0.5) is 0 Å². The molecule has 0 radical (unpaired) electrons. The van der Waals surface area contributed by atoms with E-state index in [0.717, 1.165) is 33.5 Å². The summed E-state index contributed by atoms with van der Waals surface area (Å²) < 4.78 is 0. The quantitative estimate of drug-likeness (QED) is 0.174. The van der Waals surface area contributed by atoms with Crippen molar-refractivity contribution in [1.29, 1.82) is 0 Å². The second-order valence-corrected chi connectivity index (χ2v) is 17.4. The molecule has 1 heterocycles. The second kappa shape index (κ2) is 13.3. The Morgan fingerprint density at radius 2 is 0.951 bits per heavy atom. The summed E-state index contributed by atoms with van der Waals surface area (Å²) in [5.41, 5.74) is 18.7. The summed E-state index contributed by atoms with van der Waals surface area (Å²) in [5, 5.41) is 4.87. The highest BCUT2D eigenvalue weighted by Crippen LogP contribution is 2.56. The van der Waals surface area contributed by atoms with Gasteiger partial charge in [0.1, 0.15) is 0 Å². The Kier molecular flexibility index (Phi) is 7.74. The Hall–Kier alpha value is -7.42. The fourth-order valence-electron chi connectivity index (χ4n) is 10.7. The second-order valence-electron chi connectivity index (χ2n) is 17.4. The van der Waals surface area contributed by atoms with Crippen LogP contribution >= 0.6 is 0 Å². The normalized spacial score (nSPS) is 15.7. The Balaban J connectivity index is 1.05. The summed E-state index contributed by atoms with van der Waals surface area (Å²) in [7, 11) is 0. The Morgan fingerprint density at radius 3 is 1.75 bits per heavy atom. The molecule has 0 spiro atoms. The molecule has 288 valence electrons. The zero-order chi connectivity index (χ0) is 40.9. The van der Waals surface area contributed by atoms with Crippen LogP contribution in [-0.4, -0.2) is 9.97 Å². The summed E-state index contributed by atoms with van der Waals surface area (Å²) in [6, 6.07) is 73.1. The van der Waals surface area contributed by atoms with E-state index in [-0.39, 0.29) is 10.8 Å². The van der Waals surface area contributed by atoms with Gasteiger partial charge >= 0.3 is 0 Å². The zero-order valence-corrected chi connectivity index (χ0v) is 34.4. The molecule has 2 nitrogen and oxygen atoms in total. The smallest absolute Gasteiger partial charge is 0.161 e. The highest BCUT2D eigenvalue weighted by molar-refractivity contribution is 6.05. The van der Waals surface area contributed by atoms with Crippen molar-refractivity contribution in [2.75, 3.05) is 0 Å². The molecule has 0 N–H and O–H groups in total. The Labute approximate surface area is 356 Å². The van der Waals surface area contributed by atoms with Crippen molar-refractivity contribution in [3.05, 3.63) is 228 Å². The van der Waals surface area contributed by atoms with Crippen molar-refractivity contribution >= 4 is 21.5 Å². The van der Waals surface area contributed by atoms with Gasteiger partial charge in [-0.2, -0.15) is 0 Å². The van der Waals surface area contributed by atoms with Crippen molar-refractivity contribution in [2.45, 2.75) is 31.6 Å². The summed E-state index contributed by atoms with van der Waals surface area (Å²) in [6.45, 7) is 7.10. The van der Waals surface area contributed by atoms with Crippen LogP contribution < -0.4 is 0 Å². The third-order valence-electron chi connectivity index (χ3n) is 13.8. The highest BCUT2D eigenvalue weighted by Gasteiger charge is 2.43. The van der Waals surface area contributed by atoms with Crippen molar-refractivity contribution in [1.82, 2.24) is 9.97 Å². The zero-order valence-electron chi connectivity index (χ0n) is 34.4. The average molecular weight is 779 g/mol. The maximum atomic E-state index is 5.55. The molecule has 1 unspecified atom stereocenters. The lowest BCUT2D eigenvalue weighted by Gasteiger charge is -2.30. The van der Waals surface area contributed by atoms with Gasteiger partial charge < -0.3 is 0 Å². The highest BCUT2D eigenvalue weighted by atomic mass is 14.9. The van der Waals surface area contributed by atoms with E-state index < -0.39 is 0 Å². The molecule has 2 aliphatic carbocycles. The standard InChI is InChI=1S/C59H42N2/c1-58(2)51-32-29-40(34-49(51)50-33-38-19-10-11-20-39(38)35-53(50)58)42-30-31-47(44-24-13-12-23-43(42)44)57-60-54(37-17-6-4-7-18-37)36-55(61-57)48-27-16-26-46-45-25-14-15-28-52(45)59(3,56(46)48)41-21-8-5-9-22-41/h4-36H,1-3H3. The molecule has 0 saturated carbocycles. The van der Waals surface area contributed by atoms with Crippen molar-refractivity contribution in [3.63, 3.8) is 0 Å². The van der Waals surface area contributed by atoms with Gasteiger partial charge in [0.05, 0.1) is 11.4 Å². The van der Waals surface area contributed by atoms with Crippen LogP contribution in [0.15, 0.2) is 200 Å². The first-order chi connectivity index (χ1) is 29.9. The van der Waals surface area contributed by atoms with E-state index in [2.05, 4.69) is 221 Å². The minimum Gasteiger partial charge on any atom is -0.228 e. The third kappa shape index (κ3) is 5.28. The minimum atomic E-state index is -0.380. The van der Waals surface area contributed by atoms with Crippen molar-refractivity contribution < 1.29 is 0 Å². The molecule has 10 aromatic rings. The maximum Gasteiger partial charge on any atom is 0.161 e. The van der Waals surface area contributed by atoms with Crippen LogP contribution in [0.2, 0.25) is 0 Å². The predicted octanol–water partition coefficient (Wildman–Crippen LogP) is 15.1. The van der Waals surface area contributed by atoms with Gasteiger partial charge in [-0.1, -0.05) is 184 Å². The SMILES string of the molecule is CC1(C)c2ccc(-c3ccc(-c4nc(-c5ccccc5)cc(-c5cccc6c5C(C)(c5ccccc5)c5ccccc5-6)n4)c4ccccc34)cc2-c2cc3ccccc3cc21. The van der Waals surface area contributed by atoms with E-state index in [1.54, 1.807) is 0 Å². The van der Waals surface area contributed by atoms with Gasteiger partial charge in [0.25, 0.3) is 0 Å². The number of hydrogen-bond acceptors (Lipinski definition) is 2. The molecule has 2 heteroatoms. The molecule has 0 saturated heterocycles. The van der Waals surface area contributed by atoms with Gasteiger partial charge in [-0.3, -0.25) is 0 Å². The van der Waals surface area contributed by atoms with E-state index in [9.17, 15) is 0 Å². The molecule has 0 amide bonds. The lowest BCUT2D eigenvalue weighted by Crippen LogP contribution is -2.23. The molecule has 61 heavy (non-hydrogen) atoms. The molecule has 0 bridgehead atoms. The number of fused-ring (bicyclic) bond motifs is 8. The van der Waals surface area contributed by atoms with Crippen LogP contribution in [0.1, 0.15) is 48.6 Å². The van der Waals surface area contributed by atoms with Crippen LogP contribution in [0.25, 0.3) is 88.8 Å². The lowest BCUT2D eigenvalue weighted by atomic mass is 9.72. The molecular formula is C59H42N2. The molecule has 0 fully saturated rings. The molecule has 1 atom stereocenters. The van der Waals surface area contributed by atoms with Crippen LogP contribution in [0.3, 0.4) is 0 Å². The first-order valence-electron chi connectivity index (χ1n) is 21.3. The fourth-order valence-corrected chi connectivity index (χ4v) is 10.7. The molecule has 1 aromatic heterocycles. The van der Waals surface area contributed by atoms with Crippen LogP contribution in [0.5, 0.6) is 0 Å². The van der Waals surface area contributed by atoms with Crippen LogP contribution in [-0.2, 0) is 10.8 Å². The monoisotopic (exact) mass is 778 g/mol. The number of benzene rings is 9. The van der Waals surface area contributed by atoms with Crippen LogP contribution in [0, 0.1) is 0 Å². The summed E-state index contributed by atoms with van der Waals surface area (Å²) in [4.78, 5) is 10.9. The van der Waals surface area contributed by atoms with E-state index in [1.165, 1.54) is 77.4 Å². The first-order valence-corrected chi connectivity index (χ1v) is 21.3. The molecule has 0 aliphatic heterocycles. The summed E-state index contributed by atoms with van der Waals surface area (Å²) in [6.07, 6.45) is 0. The van der Waals surface area contributed by atoms with Gasteiger partial charge in [0.2, 0.25) is 0 Å². The van der Waals surface area contributed by atoms with Gasteiger partial charge in [-0.25, -0.2) is 9.97 Å². The molecule has 9 aromatic carbocycles. The third-order valence-corrected chi connectivity index (χ3v) is 13.8. The number of aromatic nitrogens is 2. The summed E-state index contributed by atoms with van der Waals surface area (Å²) >= 11 is 0.